The Kier molecular flexibility index (Phi) is 4.23. The van der Waals surface area contributed by atoms with Crippen molar-refractivity contribution in [3.63, 3.8) is 0 Å². The molecule has 2 rings (SSSR count). The van der Waals surface area contributed by atoms with Gasteiger partial charge in [-0.1, -0.05) is 32.0 Å². The van der Waals surface area contributed by atoms with E-state index < -0.39 is 0 Å². The van der Waals surface area contributed by atoms with Crippen molar-refractivity contribution >= 4 is 22.6 Å². The normalized spacial score (nSPS) is 11.0. The first-order valence-electron chi connectivity index (χ1n) is 7.02. The molecule has 0 aliphatic carbocycles. The molecule has 4 nitrogen and oxygen atoms in total. The lowest BCUT2D eigenvalue weighted by Gasteiger charge is -2.25. The minimum absolute atomic E-state index is 0.0884. The van der Waals surface area contributed by atoms with Gasteiger partial charge in [-0.2, -0.15) is 0 Å². The van der Waals surface area contributed by atoms with E-state index in [1.165, 1.54) is 0 Å². The Balaban J connectivity index is 2.56. The van der Waals surface area contributed by atoms with Gasteiger partial charge < -0.3 is 10.6 Å². The smallest absolute Gasteiger partial charge is 0.129 e. The minimum atomic E-state index is 0.0884. The lowest BCUT2D eigenvalue weighted by Crippen LogP contribution is -2.28. The van der Waals surface area contributed by atoms with Crippen LogP contribution in [0, 0.1) is 11.3 Å². The molecule has 0 spiro atoms. The fraction of sp³-hybridized carbons (Fsp3) is 0.375. The number of benzene rings is 1. The molecule has 20 heavy (non-hydrogen) atoms. The number of hydrogen-bond acceptors (Lipinski definition) is 3. The van der Waals surface area contributed by atoms with E-state index in [1.54, 1.807) is 0 Å². The van der Waals surface area contributed by atoms with Crippen molar-refractivity contribution in [2.24, 2.45) is 11.7 Å². The lowest BCUT2D eigenvalue weighted by molar-refractivity contribution is 0.615. The number of amidine groups is 1. The van der Waals surface area contributed by atoms with Crippen molar-refractivity contribution in [3.05, 3.63) is 35.9 Å². The van der Waals surface area contributed by atoms with Crippen LogP contribution in [0.3, 0.4) is 0 Å². The second kappa shape index (κ2) is 5.90. The number of hydrogen-bond donors (Lipinski definition) is 2. The third-order valence-corrected chi connectivity index (χ3v) is 3.28. The maximum absolute atomic E-state index is 7.79. The fourth-order valence-electron chi connectivity index (χ4n) is 2.37. The van der Waals surface area contributed by atoms with Gasteiger partial charge in [0.1, 0.15) is 11.7 Å². The molecule has 0 saturated carbocycles. The van der Waals surface area contributed by atoms with Crippen LogP contribution in [0.15, 0.2) is 30.3 Å². The molecule has 0 unspecified atom stereocenters. The topological polar surface area (TPSA) is 66.0 Å². The summed E-state index contributed by atoms with van der Waals surface area (Å²) in [5.74, 6) is 1.54. The van der Waals surface area contributed by atoms with Crippen LogP contribution in [0.25, 0.3) is 10.9 Å². The summed E-state index contributed by atoms with van der Waals surface area (Å²) in [7, 11) is 0. The van der Waals surface area contributed by atoms with Gasteiger partial charge in [0.2, 0.25) is 0 Å². The van der Waals surface area contributed by atoms with Crippen molar-refractivity contribution in [2.45, 2.75) is 20.8 Å². The van der Waals surface area contributed by atoms with Crippen molar-refractivity contribution in [1.82, 2.24) is 4.98 Å². The molecule has 0 saturated heterocycles. The number of anilines is 1. The second-order valence-corrected chi connectivity index (χ2v) is 5.39. The SMILES string of the molecule is CCN(CC(C)C)c1cc(C(=N)N)c2ccccc2n1. The highest BCUT2D eigenvalue weighted by molar-refractivity contribution is 6.07. The van der Waals surface area contributed by atoms with E-state index in [2.05, 4.69) is 25.7 Å². The number of pyridine rings is 1. The first-order chi connectivity index (χ1) is 9.52. The number of fused-ring (bicyclic) bond motifs is 1. The van der Waals surface area contributed by atoms with Gasteiger partial charge in [-0.25, -0.2) is 4.98 Å². The number of nitrogens with two attached hydrogens (primary N) is 1. The average Bonchev–Trinajstić information content (AvgIpc) is 2.43. The number of nitrogens with one attached hydrogen (secondary N) is 1. The molecule has 3 N–H and O–H groups in total. The molecule has 106 valence electrons. The molecule has 1 aromatic heterocycles. The van der Waals surface area contributed by atoms with Crippen molar-refractivity contribution in [3.8, 4) is 0 Å². The summed E-state index contributed by atoms with van der Waals surface area (Å²) in [6.07, 6.45) is 0. The van der Waals surface area contributed by atoms with Crippen LogP contribution < -0.4 is 10.6 Å². The summed E-state index contributed by atoms with van der Waals surface area (Å²) < 4.78 is 0. The lowest BCUT2D eigenvalue weighted by atomic mass is 10.1. The minimum Gasteiger partial charge on any atom is -0.384 e. The summed E-state index contributed by atoms with van der Waals surface area (Å²) in [5, 5.41) is 8.72. The first-order valence-corrected chi connectivity index (χ1v) is 7.02. The Bertz CT molecular complexity index is 619. The van der Waals surface area contributed by atoms with Gasteiger partial charge >= 0.3 is 0 Å². The highest BCUT2D eigenvalue weighted by Crippen LogP contribution is 2.23. The van der Waals surface area contributed by atoms with Gasteiger partial charge in [-0.15, -0.1) is 0 Å². The highest BCUT2D eigenvalue weighted by atomic mass is 15.2. The molecule has 0 amide bonds. The van der Waals surface area contributed by atoms with E-state index in [9.17, 15) is 0 Å². The molecule has 0 fully saturated rings. The Labute approximate surface area is 120 Å². The quantitative estimate of drug-likeness (QED) is 0.648. The molecule has 2 aromatic rings. The van der Waals surface area contributed by atoms with Crippen LogP contribution in [-0.4, -0.2) is 23.9 Å². The Morgan fingerprint density at radius 2 is 2.05 bits per heavy atom. The molecule has 0 bridgehead atoms. The first kappa shape index (κ1) is 14.3. The van der Waals surface area contributed by atoms with Crippen LogP contribution in [-0.2, 0) is 0 Å². The maximum Gasteiger partial charge on any atom is 0.129 e. The van der Waals surface area contributed by atoms with Crippen LogP contribution in [0.1, 0.15) is 26.3 Å². The Hall–Kier alpha value is -2.10. The third kappa shape index (κ3) is 2.90. The molecule has 4 heteroatoms. The number of nitrogen functional groups attached to an aromatic ring is 1. The van der Waals surface area contributed by atoms with Gasteiger partial charge in [-0.3, -0.25) is 5.41 Å². The average molecular weight is 270 g/mol. The van der Waals surface area contributed by atoms with Crippen LogP contribution in [0.4, 0.5) is 5.82 Å². The van der Waals surface area contributed by atoms with E-state index >= 15 is 0 Å². The summed E-state index contributed by atoms with van der Waals surface area (Å²) in [6, 6.07) is 9.76. The van der Waals surface area contributed by atoms with Crippen LogP contribution >= 0.6 is 0 Å². The van der Waals surface area contributed by atoms with E-state index in [0.717, 1.165) is 35.4 Å². The number of aromatic nitrogens is 1. The van der Waals surface area contributed by atoms with Crippen molar-refractivity contribution in [1.29, 1.82) is 5.41 Å². The highest BCUT2D eigenvalue weighted by Gasteiger charge is 2.13. The molecule has 0 radical (unpaired) electrons. The zero-order valence-corrected chi connectivity index (χ0v) is 12.4. The predicted octanol–water partition coefficient (Wildman–Crippen LogP) is 3.00. The summed E-state index contributed by atoms with van der Waals surface area (Å²) >= 11 is 0. The van der Waals surface area contributed by atoms with Gasteiger partial charge in [0.25, 0.3) is 0 Å². The largest absolute Gasteiger partial charge is 0.384 e. The second-order valence-electron chi connectivity index (χ2n) is 5.39. The maximum atomic E-state index is 7.79. The summed E-state index contributed by atoms with van der Waals surface area (Å²) in [5.41, 5.74) is 7.37. The van der Waals surface area contributed by atoms with Crippen LogP contribution in [0.5, 0.6) is 0 Å². The zero-order valence-electron chi connectivity index (χ0n) is 12.4. The van der Waals surface area contributed by atoms with Crippen LogP contribution in [0.2, 0.25) is 0 Å². The number of nitrogens with zero attached hydrogens (tertiary/aromatic N) is 2. The zero-order chi connectivity index (χ0) is 14.7. The van der Waals surface area contributed by atoms with E-state index in [4.69, 9.17) is 16.1 Å². The molecule has 1 heterocycles. The molecular weight excluding hydrogens is 248 g/mol. The summed E-state index contributed by atoms with van der Waals surface area (Å²) in [4.78, 5) is 6.94. The van der Waals surface area contributed by atoms with Crippen molar-refractivity contribution < 1.29 is 0 Å². The van der Waals surface area contributed by atoms with Gasteiger partial charge in [0, 0.05) is 24.0 Å². The molecular formula is C16H22N4. The third-order valence-electron chi connectivity index (χ3n) is 3.28. The van der Waals surface area contributed by atoms with E-state index in [0.29, 0.717) is 5.92 Å². The molecule has 0 atom stereocenters. The molecule has 0 aliphatic heterocycles. The summed E-state index contributed by atoms with van der Waals surface area (Å²) in [6.45, 7) is 8.33. The van der Waals surface area contributed by atoms with E-state index in [1.807, 2.05) is 30.3 Å². The van der Waals surface area contributed by atoms with Gasteiger partial charge in [0.05, 0.1) is 5.52 Å². The number of rotatable bonds is 5. The predicted molar refractivity (Wildman–Crippen MR) is 85.5 cm³/mol. The monoisotopic (exact) mass is 270 g/mol. The molecule has 0 aliphatic rings. The van der Waals surface area contributed by atoms with Crippen molar-refractivity contribution in [2.75, 3.05) is 18.0 Å². The van der Waals surface area contributed by atoms with E-state index in [-0.39, 0.29) is 5.84 Å². The van der Waals surface area contributed by atoms with Gasteiger partial charge in [0.15, 0.2) is 0 Å². The Morgan fingerprint density at radius 1 is 1.35 bits per heavy atom. The van der Waals surface area contributed by atoms with Gasteiger partial charge in [-0.05, 0) is 25.0 Å². The fourth-order valence-corrected chi connectivity index (χ4v) is 2.37. The standard InChI is InChI=1S/C16H22N4/c1-4-20(10-11(2)3)15-9-13(16(17)18)12-7-5-6-8-14(12)19-15/h5-9,11H,4,10H2,1-3H3,(H3,17,18). The number of para-hydroxylation sites is 1. The molecule has 1 aromatic carbocycles. The Morgan fingerprint density at radius 3 is 2.65 bits per heavy atom.